The van der Waals surface area contributed by atoms with E-state index >= 15 is 0 Å². The Bertz CT molecular complexity index is 457. The molecule has 4 heteroatoms. The fraction of sp³-hybridized carbons (Fsp3) is 0.632. The van der Waals surface area contributed by atoms with Crippen molar-refractivity contribution in [2.75, 3.05) is 25.0 Å². The first-order valence-corrected chi connectivity index (χ1v) is 8.98. The zero-order valence-corrected chi connectivity index (χ0v) is 17.0. The van der Waals surface area contributed by atoms with Crippen LogP contribution < -0.4 is 5.32 Å². The van der Waals surface area contributed by atoms with Gasteiger partial charge >= 0.3 is 0 Å². The van der Waals surface area contributed by atoms with Crippen LogP contribution in [0.2, 0.25) is 0 Å². The van der Waals surface area contributed by atoms with Crippen LogP contribution >= 0.6 is 24.6 Å². The first-order chi connectivity index (χ1) is 10.5. The first-order valence-electron chi connectivity index (χ1n) is 8.58. The van der Waals surface area contributed by atoms with E-state index in [0.29, 0.717) is 0 Å². The summed E-state index contributed by atoms with van der Waals surface area (Å²) in [6.45, 7) is 14.1. The molecule has 0 unspecified atom stereocenters. The van der Waals surface area contributed by atoms with Crippen LogP contribution in [0.3, 0.4) is 0 Å². The van der Waals surface area contributed by atoms with Gasteiger partial charge in [-0.3, -0.25) is 4.90 Å². The molecular formula is C19H33ClN2S. The van der Waals surface area contributed by atoms with Gasteiger partial charge in [-0.1, -0.05) is 56.6 Å². The molecule has 1 aromatic rings. The Balaban J connectivity index is 0.00000484. The third-order valence-corrected chi connectivity index (χ3v) is 4.20. The lowest BCUT2D eigenvalue weighted by atomic mass is 10.1. The molecule has 0 aliphatic rings. The molecule has 1 N–H and O–H groups in total. The summed E-state index contributed by atoms with van der Waals surface area (Å²) < 4.78 is 0. The predicted octanol–water partition coefficient (Wildman–Crippen LogP) is 5.68. The average molecular weight is 357 g/mol. The summed E-state index contributed by atoms with van der Waals surface area (Å²) in [7, 11) is 0. The van der Waals surface area contributed by atoms with Gasteiger partial charge in [-0.15, -0.1) is 12.4 Å². The molecule has 0 atom stereocenters. The van der Waals surface area contributed by atoms with E-state index < -0.39 is 0 Å². The average Bonchev–Trinajstić information content (AvgIpc) is 2.45. The van der Waals surface area contributed by atoms with E-state index in [1.807, 2.05) is 0 Å². The monoisotopic (exact) mass is 356 g/mol. The molecule has 0 radical (unpaired) electrons. The van der Waals surface area contributed by atoms with Crippen molar-refractivity contribution in [3.8, 4) is 0 Å². The van der Waals surface area contributed by atoms with Gasteiger partial charge in [-0.2, -0.15) is 0 Å². The van der Waals surface area contributed by atoms with Crippen LogP contribution in [0, 0.1) is 20.8 Å². The Hall–Kier alpha value is -0.640. The van der Waals surface area contributed by atoms with Gasteiger partial charge in [0, 0.05) is 12.2 Å². The molecule has 0 aliphatic heterocycles. The lowest BCUT2D eigenvalue weighted by Gasteiger charge is -2.23. The van der Waals surface area contributed by atoms with E-state index in [1.54, 1.807) is 0 Å². The Kier molecular flexibility index (Phi) is 11.5. The summed E-state index contributed by atoms with van der Waals surface area (Å²) >= 11 is 5.61. The highest BCUT2D eigenvalue weighted by atomic mass is 35.5. The minimum absolute atomic E-state index is 0. The summed E-state index contributed by atoms with van der Waals surface area (Å²) in [4.78, 5) is 3.42. The zero-order chi connectivity index (χ0) is 16.5. The van der Waals surface area contributed by atoms with Crippen molar-refractivity contribution < 1.29 is 0 Å². The lowest BCUT2D eigenvalue weighted by Crippen LogP contribution is -2.34. The third kappa shape index (κ3) is 8.14. The smallest absolute Gasteiger partial charge is 0.0940 e. The number of anilines is 1. The fourth-order valence-electron chi connectivity index (χ4n) is 2.79. The SMILES string of the molecule is CCCCN(CCCC)CC(=S)Nc1c(C)cc(C)cc1C.Cl. The Labute approximate surface area is 154 Å². The van der Waals surface area contributed by atoms with Crippen LogP contribution in [0.1, 0.15) is 56.2 Å². The number of benzene rings is 1. The Morgan fingerprint density at radius 2 is 1.48 bits per heavy atom. The van der Waals surface area contributed by atoms with Crippen molar-refractivity contribution in [2.45, 2.75) is 60.3 Å². The van der Waals surface area contributed by atoms with Gasteiger partial charge < -0.3 is 5.32 Å². The first kappa shape index (κ1) is 22.4. The van der Waals surface area contributed by atoms with Gasteiger partial charge in [0.2, 0.25) is 0 Å². The topological polar surface area (TPSA) is 15.3 Å². The number of aryl methyl sites for hydroxylation is 3. The maximum absolute atomic E-state index is 5.61. The standard InChI is InChI=1S/C19H32N2S.ClH/c1-6-8-10-21(11-9-7-2)14-18(22)20-19-16(4)12-15(3)13-17(19)5;/h12-13H,6-11,14H2,1-5H3,(H,20,22);1H. The van der Waals surface area contributed by atoms with E-state index in [-0.39, 0.29) is 12.4 Å². The maximum atomic E-state index is 5.61. The van der Waals surface area contributed by atoms with Crippen molar-refractivity contribution in [1.82, 2.24) is 4.90 Å². The molecule has 23 heavy (non-hydrogen) atoms. The summed E-state index contributed by atoms with van der Waals surface area (Å²) in [5, 5.41) is 3.48. The number of unbranched alkanes of at least 4 members (excludes halogenated alkanes) is 2. The molecule has 0 saturated heterocycles. The maximum Gasteiger partial charge on any atom is 0.0940 e. The molecule has 0 heterocycles. The summed E-state index contributed by atoms with van der Waals surface area (Å²) in [5.74, 6) is 0. The Morgan fingerprint density at radius 1 is 1.00 bits per heavy atom. The normalized spacial score (nSPS) is 10.5. The number of nitrogens with zero attached hydrogens (tertiary/aromatic N) is 1. The number of nitrogens with one attached hydrogen (secondary N) is 1. The van der Waals surface area contributed by atoms with Gasteiger partial charge in [0.1, 0.15) is 0 Å². The van der Waals surface area contributed by atoms with E-state index in [9.17, 15) is 0 Å². The summed E-state index contributed by atoms with van der Waals surface area (Å²) in [6.07, 6.45) is 4.96. The number of hydrogen-bond acceptors (Lipinski definition) is 2. The molecule has 0 bridgehead atoms. The van der Waals surface area contributed by atoms with E-state index in [0.717, 1.165) is 24.6 Å². The quantitative estimate of drug-likeness (QED) is 0.573. The summed E-state index contributed by atoms with van der Waals surface area (Å²) in [6, 6.07) is 4.42. The second kappa shape index (κ2) is 11.8. The zero-order valence-electron chi connectivity index (χ0n) is 15.4. The largest absolute Gasteiger partial charge is 0.349 e. The fourth-order valence-corrected chi connectivity index (χ4v) is 3.08. The van der Waals surface area contributed by atoms with Crippen LogP contribution in [0.25, 0.3) is 0 Å². The molecule has 0 amide bonds. The molecule has 1 rings (SSSR count). The molecular weight excluding hydrogens is 324 g/mol. The lowest BCUT2D eigenvalue weighted by molar-refractivity contribution is 0.301. The van der Waals surface area contributed by atoms with Gasteiger partial charge in [0.05, 0.1) is 4.99 Å². The molecule has 0 aromatic heterocycles. The minimum Gasteiger partial charge on any atom is -0.349 e. The highest BCUT2D eigenvalue weighted by molar-refractivity contribution is 7.80. The second-order valence-corrected chi connectivity index (χ2v) is 6.80. The van der Waals surface area contributed by atoms with Crippen LogP contribution in [-0.2, 0) is 0 Å². The molecule has 2 nitrogen and oxygen atoms in total. The van der Waals surface area contributed by atoms with Crippen LogP contribution in [0.4, 0.5) is 5.69 Å². The number of rotatable bonds is 9. The van der Waals surface area contributed by atoms with Crippen molar-refractivity contribution in [3.05, 3.63) is 28.8 Å². The molecule has 0 aliphatic carbocycles. The Morgan fingerprint density at radius 3 is 1.91 bits per heavy atom. The van der Waals surface area contributed by atoms with Gasteiger partial charge in [0.15, 0.2) is 0 Å². The van der Waals surface area contributed by atoms with Crippen molar-refractivity contribution in [3.63, 3.8) is 0 Å². The third-order valence-electron chi connectivity index (χ3n) is 3.96. The van der Waals surface area contributed by atoms with Crippen molar-refractivity contribution in [2.24, 2.45) is 0 Å². The molecule has 0 saturated carbocycles. The summed E-state index contributed by atoms with van der Waals surface area (Å²) in [5.41, 5.74) is 5.03. The van der Waals surface area contributed by atoms with Crippen LogP contribution in [0.15, 0.2) is 12.1 Å². The molecule has 0 spiro atoms. The van der Waals surface area contributed by atoms with Crippen LogP contribution in [-0.4, -0.2) is 29.5 Å². The highest BCUT2D eigenvalue weighted by Crippen LogP contribution is 2.22. The van der Waals surface area contributed by atoms with Gasteiger partial charge in [0.25, 0.3) is 0 Å². The van der Waals surface area contributed by atoms with E-state index in [2.05, 4.69) is 57.0 Å². The molecule has 0 fully saturated rings. The molecule has 132 valence electrons. The number of hydrogen-bond donors (Lipinski definition) is 1. The van der Waals surface area contributed by atoms with Gasteiger partial charge in [-0.25, -0.2) is 0 Å². The molecule has 1 aromatic carbocycles. The van der Waals surface area contributed by atoms with E-state index in [1.165, 1.54) is 48.1 Å². The van der Waals surface area contributed by atoms with Crippen molar-refractivity contribution in [1.29, 1.82) is 0 Å². The van der Waals surface area contributed by atoms with Gasteiger partial charge in [-0.05, 0) is 57.8 Å². The van der Waals surface area contributed by atoms with Crippen molar-refractivity contribution >= 4 is 35.3 Å². The second-order valence-electron chi connectivity index (χ2n) is 6.31. The minimum atomic E-state index is 0. The van der Waals surface area contributed by atoms with E-state index in [4.69, 9.17) is 12.2 Å². The highest BCUT2D eigenvalue weighted by Gasteiger charge is 2.10. The number of thiocarbonyl (C=S) groups is 1. The predicted molar refractivity (Wildman–Crippen MR) is 110 cm³/mol. The van der Waals surface area contributed by atoms with Crippen LogP contribution in [0.5, 0.6) is 0 Å². The number of halogens is 1.